The molecule has 0 saturated carbocycles. The summed E-state index contributed by atoms with van der Waals surface area (Å²) in [5, 5.41) is 3.58. The molecule has 0 aliphatic carbocycles. The van der Waals surface area contributed by atoms with Gasteiger partial charge < -0.3 is 14.3 Å². The average molecular weight is 261 g/mol. The third-order valence-electron chi connectivity index (χ3n) is 3.30. The molecule has 0 bridgehead atoms. The summed E-state index contributed by atoms with van der Waals surface area (Å²) in [6.45, 7) is 6.30. The van der Waals surface area contributed by atoms with Crippen molar-refractivity contribution >= 4 is 0 Å². The van der Waals surface area contributed by atoms with Crippen molar-refractivity contribution in [3.8, 4) is 0 Å². The molecule has 104 valence electrons. The normalized spacial score (nSPS) is 12.7. The second kappa shape index (κ2) is 7.14. The smallest absolute Gasteiger partial charge is 0.125 e. The van der Waals surface area contributed by atoms with Crippen LogP contribution in [0.25, 0.3) is 0 Å². The fourth-order valence-corrected chi connectivity index (χ4v) is 2.28. The Hall–Kier alpha value is -1.55. The molecule has 0 amide bonds. The molecule has 0 aliphatic rings. The molecule has 0 fully saturated rings. The van der Waals surface area contributed by atoms with Crippen LogP contribution in [0, 0.1) is 0 Å². The van der Waals surface area contributed by atoms with Gasteiger partial charge in [0.2, 0.25) is 0 Å². The second-order valence-corrected chi connectivity index (χ2v) is 4.70. The number of nitrogens with zero attached hydrogens (tertiary/aromatic N) is 2. The summed E-state index contributed by atoms with van der Waals surface area (Å²) in [4.78, 5) is 4.51. The number of aromatic nitrogens is 2. The van der Waals surface area contributed by atoms with Gasteiger partial charge in [-0.3, -0.25) is 0 Å². The zero-order valence-electron chi connectivity index (χ0n) is 11.8. The highest BCUT2D eigenvalue weighted by molar-refractivity contribution is 5.03. The predicted octanol–water partition coefficient (Wildman–Crippen LogP) is 3.17. The Morgan fingerprint density at radius 3 is 3.00 bits per heavy atom. The van der Waals surface area contributed by atoms with E-state index in [2.05, 4.69) is 28.7 Å². The van der Waals surface area contributed by atoms with Gasteiger partial charge in [0.1, 0.15) is 11.6 Å². The summed E-state index contributed by atoms with van der Waals surface area (Å²) < 4.78 is 7.61. The van der Waals surface area contributed by atoms with E-state index in [4.69, 9.17) is 4.42 Å². The molecule has 0 saturated heterocycles. The molecule has 0 radical (unpaired) electrons. The maximum absolute atomic E-state index is 5.41. The zero-order valence-corrected chi connectivity index (χ0v) is 11.8. The Labute approximate surface area is 114 Å². The van der Waals surface area contributed by atoms with Gasteiger partial charge in [-0.2, -0.15) is 0 Å². The average Bonchev–Trinajstić information content (AvgIpc) is 3.09. The van der Waals surface area contributed by atoms with Gasteiger partial charge in [-0.25, -0.2) is 4.98 Å². The molecule has 0 spiro atoms. The van der Waals surface area contributed by atoms with Crippen molar-refractivity contribution in [3.05, 3.63) is 42.4 Å². The molecule has 0 aromatic carbocycles. The first-order valence-corrected chi connectivity index (χ1v) is 7.12. The van der Waals surface area contributed by atoms with Gasteiger partial charge in [0.25, 0.3) is 0 Å². The summed E-state index contributed by atoms with van der Waals surface area (Å²) in [7, 11) is 0. The molecule has 1 atom stereocenters. The number of hydrogen-bond donors (Lipinski definition) is 1. The van der Waals surface area contributed by atoms with Crippen molar-refractivity contribution in [1.82, 2.24) is 14.9 Å². The lowest BCUT2D eigenvalue weighted by atomic mass is 10.1. The van der Waals surface area contributed by atoms with Crippen LogP contribution in [0.4, 0.5) is 0 Å². The van der Waals surface area contributed by atoms with E-state index in [1.54, 1.807) is 6.26 Å². The molecule has 1 unspecified atom stereocenters. The van der Waals surface area contributed by atoms with Crippen molar-refractivity contribution in [2.45, 2.75) is 45.7 Å². The molecule has 19 heavy (non-hydrogen) atoms. The number of aryl methyl sites for hydroxylation is 2. The first-order valence-electron chi connectivity index (χ1n) is 7.12. The van der Waals surface area contributed by atoms with Gasteiger partial charge in [0.15, 0.2) is 0 Å². The fourth-order valence-electron chi connectivity index (χ4n) is 2.28. The van der Waals surface area contributed by atoms with Gasteiger partial charge in [-0.15, -0.1) is 0 Å². The lowest BCUT2D eigenvalue weighted by Crippen LogP contribution is -2.25. The van der Waals surface area contributed by atoms with E-state index in [9.17, 15) is 0 Å². The summed E-state index contributed by atoms with van der Waals surface area (Å²) in [5.41, 5.74) is 0. The van der Waals surface area contributed by atoms with E-state index in [-0.39, 0.29) is 0 Å². The van der Waals surface area contributed by atoms with E-state index in [1.165, 1.54) is 0 Å². The standard InChI is InChI=1S/C15H23N3O/c1-3-9-16-14(8-7-13-6-5-12-19-13)15-17-10-11-18(15)4-2/h5-6,10-12,14,16H,3-4,7-9H2,1-2H3. The molecule has 2 aromatic heterocycles. The van der Waals surface area contributed by atoms with Gasteiger partial charge in [0.05, 0.1) is 12.3 Å². The maximum atomic E-state index is 5.41. The third-order valence-corrected chi connectivity index (χ3v) is 3.30. The number of nitrogens with one attached hydrogen (secondary N) is 1. The zero-order chi connectivity index (χ0) is 13.5. The number of imidazole rings is 1. The Morgan fingerprint density at radius 2 is 2.32 bits per heavy atom. The van der Waals surface area contributed by atoms with Crippen LogP contribution in [0.15, 0.2) is 35.2 Å². The first kappa shape index (κ1) is 13.9. The van der Waals surface area contributed by atoms with Crippen molar-refractivity contribution < 1.29 is 4.42 Å². The SMILES string of the molecule is CCCNC(CCc1ccco1)c1nccn1CC. The number of furan rings is 1. The molecular weight excluding hydrogens is 238 g/mol. The Balaban J connectivity index is 2.02. The van der Waals surface area contributed by atoms with Crippen LogP contribution in [0.5, 0.6) is 0 Å². The summed E-state index contributed by atoms with van der Waals surface area (Å²) in [6, 6.07) is 4.26. The van der Waals surface area contributed by atoms with Gasteiger partial charge >= 0.3 is 0 Å². The van der Waals surface area contributed by atoms with E-state index < -0.39 is 0 Å². The Bertz CT molecular complexity index is 461. The van der Waals surface area contributed by atoms with Crippen molar-refractivity contribution in [3.63, 3.8) is 0 Å². The quantitative estimate of drug-likeness (QED) is 0.793. The van der Waals surface area contributed by atoms with Gasteiger partial charge in [0, 0.05) is 25.4 Å². The molecule has 2 heterocycles. The van der Waals surface area contributed by atoms with Gasteiger partial charge in [-0.05, 0) is 38.4 Å². The molecule has 4 nitrogen and oxygen atoms in total. The van der Waals surface area contributed by atoms with Crippen molar-refractivity contribution in [1.29, 1.82) is 0 Å². The van der Waals surface area contributed by atoms with Crippen LogP contribution < -0.4 is 5.32 Å². The highest BCUT2D eigenvalue weighted by Gasteiger charge is 2.16. The number of rotatable bonds is 8. The summed E-state index contributed by atoms with van der Waals surface area (Å²) >= 11 is 0. The highest BCUT2D eigenvalue weighted by Crippen LogP contribution is 2.18. The molecule has 2 rings (SSSR count). The summed E-state index contributed by atoms with van der Waals surface area (Å²) in [5.74, 6) is 2.17. The molecular formula is C15H23N3O. The van der Waals surface area contributed by atoms with E-state index in [0.717, 1.165) is 43.9 Å². The van der Waals surface area contributed by atoms with Crippen LogP contribution in [0.2, 0.25) is 0 Å². The molecule has 4 heteroatoms. The first-order chi connectivity index (χ1) is 9.35. The van der Waals surface area contributed by atoms with Crippen molar-refractivity contribution in [2.75, 3.05) is 6.54 Å². The van der Waals surface area contributed by atoms with Crippen LogP contribution in [0.1, 0.15) is 44.3 Å². The Kier molecular flexibility index (Phi) is 5.21. The lowest BCUT2D eigenvalue weighted by molar-refractivity contribution is 0.429. The third kappa shape index (κ3) is 3.70. The number of hydrogen-bond acceptors (Lipinski definition) is 3. The van der Waals surface area contributed by atoms with Crippen LogP contribution >= 0.6 is 0 Å². The topological polar surface area (TPSA) is 43.0 Å². The Morgan fingerprint density at radius 1 is 1.42 bits per heavy atom. The minimum Gasteiger partial charge on any atom is -0.469 e. The largest absolute Gasteiger partial charge is 0.469 e. The van der Waals surface area contributed by atoms with Crippen LogP contribution in [-0.2, 0) is 13.0 Å². The molecule has 1 N–H and O–H groups in total. The van der Waals surface area contributed by atoms with E-state index >= 15 is 0 Å². The summed E-state index contributed by atoms with van der Waals surface area (Å²) in [6.07, 6.45) is 8.73. The monoisotopic (exact) mass is 261 g/mol. The maximum Gasteiger partial charge on any atom is 0.125 e. The minimum atomic E-state index is 0.292. The van der Waals surface area contributed by atoms with Crippen molar-refractivity contribution in [2.24, 2.45) is 0 Å². The van der Waals surface area contributed by atoms with Gasteiger partial charge in [-0.1, -0.05) is 6.92 Å². The van der Waals surface area contributed by atoms with Crippen LogP contribution in [0.3, 0.4) is 0 Å². The minimum absolute atomic E-state index is 0.292. The van der Waals surface area contributed by atoms with Crippen LogP contribution in [-0.4, -0.2) is 16.1 Å². The highest BCUT2D eigenvalue weighted by atomic mass is 16.3. The molecule has 0 aliphatic heterocycles. The van der Waals surface area contributed by atoms with E-state index in [1.807, 2.05) is 24.5 Å². The lowest BCUT2D eigenvalue weighted by Gasteiger charge is -2.18. The molecule has 2 aromatic rings. The predicted molar refractivity (Wildman–Crippen MR) is 76.0 cm³/mol. The second-order valence-electron chi connectivity index (χ2n) is 4.70. The van der Waals surface area contributed by atoms with E-state index in [0.29, 0.717) is 6.04 Å². The fraction of sp³-hybridized carbons (Fsp3) is 0.533.